The van der Waals surface area contributed by atoms with Gasteiger partial charge in [-0.2, -0.15) is 13.2 Å². The van der Waals surface area contributed by atoms with Gasteiger partial charge in [-0.1, -0.05) is 0 Å². The van der Waals surface area contributed by atoms with Crippen LogP contribution in [0, 0.1) is 0 Å². The number of anilines is 2. The molecule has 110 valence electrons. The fourth-order valence-corrected chi connectivity index (χ4v) is 1.88. The van der Waals surface area contributed by atoms with Gasteiger partial charge in [-0.25, -0.2) is 4.79 Å². The van der Waals surface area contributed by atoms with Gasteiger partial charge in [0.25, 0.3) is 0 Å². The smallest absolute Gasteiger partial charge is 0.411 e. The van der Waals surface area contributed by atoms with Crippen molar-refractivity contribution in [2.75, 3.05) is 17.7 Å². The van der Waals surface area contributed by atoms with Crippen LogP contribution in [0.5, 0.6) is 0 Å². The highest BCUT2D eigenvalue weighted by molar-refractivity contribution is 5.92. The van der Waals surface area contributed by atoms with E-state index in [2.05, 4.69) is 5.32 Å². The number of nitrogens with two attached hydrogens (primary N) is 1. The maximum Gasteiger partial charge on any atom is 0.411 e. The molecule has 0 amide bonds. The third-order valence-corrected chi connectivity index (χ3v) is 3.23. The predicted molar refractivity (Wildman–Crippen MR) is 68.5 cm³/mol. The summed E-state index contributed by atoms with van der Waals surface area (Å²) in [7, 11) is 0. The molecule has 2 rings (SSSR count). The molecule has 0 heterocycles. The molecule has 1 saturated carbocycles. The second-order valence-corrected chi connectivity index (χ2v) is 4.73. The number of rotatable bonds is 4. The Morgan fingerprint density at radius 2 is 2.10 bits per heavy atom. The van der Waals surface area contributed by atoms with E-state index in [0.29, 0.717) is 0 Å². The molecule has 1 aliphatic carbocycles. The molecule has 1 fully saturated rings. The van der Waals surface area contributed by atoms with E-state index in [9.17, 15) is 18.0 Å². The number of nitrogen functional groups attached to an aromatic ring is 1. The number of ether oxygens (including phenoxy) is 1. The zero-order valence-electron chi connectivity index (χ0n) is 10.9. The molecule has 0 radical (unpaired) electrons. The molecule has 4 nitrogen and oxygen atoms in total. The van der Waals surface area contributed by atoms with Crippen LogP contribution in [0.1, 0.15) is 30.1 Å². The maximum atomic E-state index is 12.8. The summed E-state index contributed by atoms with van der Waals surface area (Å²) in [4.78, 5) is 11.5. The van der Waals surface area contributed by atoms with Gasteiger partial charge in [-0.15, -0.1) is 0 Å². The standard InChI is InChI=1S/C13H15F3N2O2/c1-2-20-11(19)8-3-4-10(9(17)7-8)18-12(5-6-12)13(14,15)16/h3-4,7,18H,2,5-6,17H2,1H3. The van der Waals surface area contributed by atoms with E-state index in [4.69, 9.17) is 10.5 Å². The first-order chi connectivity index (χ1) is 9.29. The second-order valence-electron chi connectivity index (χ2n) is 4.73. The monoisotopic (exact) mass is 288 g/mol. The first kappa shape index (κ1) is 14.5. The summed E-state index contributed by atoms with van der Waals surface area (Å²) >= 11 is 0. The quantitative estimate of drug-likeness (QED) is 0.660. The lowest BCUT2D eigenvalue weighted by molar-refractivity contribution is -0.151. The van der Waals surface area contributed by atoms with Crippen molar-refractivity contribution in [2.45, 2.75) is 31.5 Å². The molecule has 0 spiro atoms. The first-order valence-electron chi connectivity index (χ1n) is 6.20. The second kappa shape index (κ2) is 4.88. The van der Waals surface area contributed by atoms with Crippen molar-refractivity contribution >= 4 is 17.3 Å². The Labute approximate surface area is 114 Å². The van der Waals surface area contributed by atoms with Crippen LogP contribution >= 0.6 is 0 Å². The lowest BCUT2D eigenvalue weighted by atomic mass is 10.1. The first-order valence-corrected chi connectivity index (χ1v) is 6.20. The van der Waals surface area contributed by atoms with Crippen LogP contribution in [0.2, 0.25) is 0 Å². The Morgan fingerprint density at radius 3 is 2.55 bits per heavy atom. The van der Waals surface area contributed by atoms with Gasteiger partial charge in [0.05, 0.1) is 23.5 Å². The van der Waals surface area contributed by atoms with Crippen LogP contribution in [0.15, 0.2) is 18.2 Å². The van der Waals surface area contributed by atoms with Gasteiger partial charge < -0.3 is 15.8 Å². The molecule has 0 saturated heterocycles. The van der Waals surface area contributed by atoms with Crippen molar-refractivity contribution in [2.24, 2.45) is 0 Å². The highest BCUT2D eigenvalue weighted by Crippen LogP contribution is 2.51. The molecule has 20 heavy (non-hydrogen) atoms. The third-order valence-electron chi connectivity index (χ3n) is 3.23. The van der Waals surface area contributed by atoms with Gasteiger partial charge in [0.1, 0.15) is 5.54 Å². The summed E-state index contributed by atoms with van der Waals surface area (Å²) in [5.41, 5.74) is 4.29. The summed E-state index contributed by atoms with van der Waals surface area (Å²) < 4.78 is 43.3. The Hall–Kier alpha value is -1.92. The highest BCUT2D eigenvalue weighted by atomic mass is 19.4. The zero-order valence-corrected chi connectivity index (χ0v) is 10.9. The molecule has 3 N–H and O–H groups in total. The van der Waals surface area contributed by atoms with Gasteiger partial charge in [0.15, 0.2) is 0 Å². The lowest BCUT2D eigenvalue weighted by Crippen LogP contribution is -2.38. The summed E-state index contributed by atoms with van der Waals surface area (Å²) in [6.45, 7) is 1.88. The number of esters is 1. The van der Waals surface area contributed by atoms with Crippen molar-refractivity contribution in [3.05, 3.63) is 23.8 Å². The summed E-state index contributed by atoms with van der Waals surface area (Å²) in [6, 6.07) is 4.07. The Bertz CT molecular complexity index is 525. The third kappa shape index (κ3) is 2.66. The van der Waals surface area contributed by atoms with Crippen LogP contribution in [0.25, 0.3) is 0 Å². The maximum absolute atomic E-state index is 12.8. The normalized spacial score (nSPS) is 16.6. The number of carbonyl (C=O) groups is 1. The molecule has 0 unspecified atom stereocenters. The number of nitrogens with one attached hydrogen (secondary N) is 1. The lowest BCUT2D eigenvalue weighted by Gasteiger charge is -2.23. The van der Waals surface area contributed by atoms with Crippen molar-refractivity contribution in [1.82, 2.24) is 0 Å². The molecule has 0 bridgehead atoms. The molecule has 1 aromatic rings. The SMILES string of the molecule is CCOC(=O)c1ccc(NC2(C(F)(F)F)CC2)c(N)c1. The molecule has 0 aliphatic heterocycles. The average molecular weight is 288 g/mol. The molecular formula is C13H15F3N2O2. The van der Waals surface area contributed by atoms with E-state index in [1.807, 2.05) is 0 Å². The minimum atomic E-state index is -4.32. The minimum Gasteiger partial charge on any atom is -0.462 e. The summed E-state index contributed by atoms with van der Waals surface area (Å²) in [6.07, 6.45) is -4.27. The molecule has 0 aromatic heterocycles. The number of hydrogen-bond acceptors (Lipinski definition) is 4. The van der Waals surface area contributed by atoms with Crippen LogP contribution in [-0.4, -0.2) is 24.3 Å². The number of alkyl halides is 3. The summed E-state index contributed by atoms with van der Waals surface area (Å²) in [5, 5.41) is 2.43. The van der Waals surface area contributed by atoms with Gasteiger partial charge in [-0.3, -0.25) is 0 Å². The van der Waals surface area contributed by atoms with Crippen molar-refractivity contribution in [3.8, 4) is 0 Å². The van der Waals surface area contributed by atoms with Crippen LogP contribution in [-0.2, 0) is 4.74 Å². The van der Waals surface area contributed by atoms with Gasteiger partial charge >= 0.3 is 12.1 Å². The van der Waals surface area contributed by atoms with E-state index in [1.165, 1.54) is 18.2 Å². The number of halogens is 3. The predicted octanol–water partition coefficient (Wildman–Crippen LogP) is 2.95. The topological polar surface area (TPSA) is 64.3 Å². The number of carbonyl (C=O) groups excluding carboxylic acids is 1. The fourth-order valence-electron chi connectivity index (χ4n) is 1.88. The zero-order chi connectivity index (χ0) is 15.0. The summed E-state index contributed by atoms with van der Waals surface area (Å²) in [5.74, 6) is -0.553. The van der Waals surface area contributed by atoms with Crippen molar-refractivity contribution in [3.63, 3.8) is 0 Å². The van der Waals surface area contributed by atoms with Crippen LogP contribution < -0.4 is 11.1 Å². The van der Waals surface area contributed by atoms with Gasteiger partial charge in [-0.05, 0) is 38.0 Å². The molecule has 1 aliphatic rings. The molecule has 1 aromatic carbocycles. The minimum absolute atomic E-state index is 0.0234. The molecule has 7 heteroatoms. The molecular weight excluding hydrogens is 273 g/mol. The van der Waals surface area contributed by atoms with E-state index < -0.39 is 17.7 Å². The Kier molecular flexibility index (Phi) is 3.54. The van der Waals surface area contributed by atoms with E-state index in [1.54, 1.807) is 6.92 Å². The number of benzene rings is 1. The molecule has 0 atom stereocenters. The Balaban J connectivity index is 2.17. The van der Waals surface area contributed by atoms with E-state index in [0.717, 1.165) is 0 Å². The van der Waals surface area contributed by atoms with E-state index >= 15 is 0 Å². The Morgan fingerprint density at radius 1 is 1.45 bits per heavy atom. The highest BCUT2D eigenvalue weighted by Gasteiger charge is 2.63. The van der Waals surface area contributed by atoms with Crippen LogP contribution in [0.3, 0.4) is 0 Å². The van der Waals surface area contributed by atoms with E-state index in [-0.39, 0.29) is 36.4 Å². The number of hydrogen-bond donors (Lipinski definition) is 2. The fraction of sp³-hybridized carbons (Fsp3) is 0.462. The van der Waals surface area contributed by atoms with Crippen molar-refractivity contribution in [1.29, 1.82) is 0 Å². The van der Waals surface area contributed by atoms with Gasteiger partial charge in [0.2, 0.25) is 0 Å². The van der Waals surface area contributed by atoms with Crippen molar-refractivity contribution < 1.29 is 22.7 Å². The average Bonchev–Trinajstić information content (AvgIpc) is 3.12. The van der Waals surface area contributed by atoms with Crippen LogP contribution in [0.4, 0.5) is 24.5 Å². The largest absolute Gasteiger partial charge is 0.462 e. The van der Waals surface area contributed by atoms with Gasteiger partial charge in [0, 0.05) is 0 Å².